The molecule has 3 N–H and O–H groups in total. The number of unbranched alkanes of at least 4 members (excludes halogenated alkanes) is 1. The second-order valence-electron chi connectivity index (χ2n) is 7.48. The minimum absolute atomic E-state index is 0.0138. The normalized spacial score (nSPS) is 20.0. The molecule has 2 aliphatic rings. The largest absolute Gasteiger partial charge is 0.381 e. The first-order chi connectivity index (χ1) is 14.4. The van der Waals surface area contributed by atoms with Crippen LogP contribution in [0.3, 0.4) is 0 Å². The number of carbonyl (C=O) groups excluding carboxylic acids is 1. The molecule has 0 saturated carbocycles. The van der Waals surface area contributed by atoms with Crippen LogP contribution in [0.25, 0.3) is 0 Å². The van der Waals surface area contributed by atoms with Gasteiger partial charge in [0.1, 0.15) is 11.6 Å². The number of rotatable bonds is 8. The molecule has 0 aliphatic carbocycles. The summed E-state index contributed by atoms with van der Waals surface area (Å²) in [6.45, 7) is 4.59. The predicted molar refractivity (Wildman–Crippen MR) is 111 cm³/mol. The molecule has 1 aromatic rings. The number of ether oxygens (including phenoxy) is 1. The fourth-order valence-corrected chi connectivity index (χ4v) is 5.88. The summed E-state index contributed by atoms with van der Waals surface area (Å²) in [4.78, 5) is 23.1. The number of sulfonamides is 1. The summed E-state index contributed by atoms with van der Waals surface area (Å²) in [6.07, 6.45) is 5.54. The third-order valence-corrected chi connectivity index (χ3v) is 8.31. The van der Waals surface area contributed by atoms with Crippen LogP contribution in [0.15, 0.2) is 12.4 Å². The van der Waals surface area contributed by atoms with Crippen molar-refractivity contribution < 1.29 is 23.2 Å². The van der Waals surface area contributed by atoms with Gasteiger partial charge in [0.2, 0.25) is 10.0 Å². The van der Waals surface area contributed by atoms with Crippen molar-refractivity contribution in [3.63, 3.8) is 0 Å². The van der Waals surface area contributed by atoms with Gasteiger partial charge in [0.25, 0.3) is 5.91 Å². The van der Waals surface area contributed by atoms with E-state index in [4.69, 9.17) is 9.94 Å². The zero-order chi connectivity index (χ0) is 21.6. The van der Waals surface area contributed by atoms with E-state index in [0.717, 1.165) is 19.4 Å². The van der Waals surface area contributed by atoms with Crippen LogP contribution >= 0.6 is 0 Å². The molecule has 1 aromatic heterocycles. The SMILES string of the molecule is CCCCNc1cnc(N2CCN(S(=O)(=O)C3(C(=O)NO)CCOCC3)CC2)cn1. The molecule has 0 bridgehead atoms. The highest BCUT2D eigenvalue weighted by atomic mass is 32.2. The Kier molecular flexibility index (Phi) is 7.45. The molecule has 0 radical (unpaired) electrons. The minimum Gasteiger partial charge on any atom is -0.381 e. The highest BCUT2D eigenvalue weighted by Gasteiger charge is 2.54. The van der Waals surface area contributed by atoms with Gasteiger partial charge in [-0.15, -0.1) is 0 Å². The van der Waals surface area contributed by atoms with Gasteiger partial charge in [-0.05, 0) is 6.42 Å². The summed E-state index contributed by atoms with van der Waals surface area (Å²) < 4.78 is 31.5. The third-order valence-electron chi connectivity index (χ3n) is 5.69. The first-order valence-corrected chi connectivity index (χ1v) is 11.7. The number of piperazine rings is 1. The van der Waals surface area contributed by atoms with E-state index < -0.39 is 20.7 Å². The summed E-state index contributed by atoms with van der Waals surface area (Å²) in [5, 5.41) is 12.4. The Balaban J connectivity index is 1.64. The fraction of sp³-hybridized carbons (Fsp3) is 0.722. The van der Waals surface area contributed by atoms with Gasteiger partial charge in [-0.2, -0.15) is 4.31 Å². The molecule has 3 heterocycles. The van der Waals surface area contributed by atoms with Crippen molar-refractivity contribution in [1.82, 2.24) is 19.8 Å². The van der Waals surface area contributed by atoms with Crippen molar-refractivity contribution in [2.24, 2.45) is 0 Å². The smallest absolute Gasteiger partial charge is 0.266 e. The number of hydroxylamine groups is 1. The van der Waals surface area contributed by atoms with Crippen molar-refractivity contribution in [1.29, 1.82) is 0 Å². The Hall–Kier alpha value is -2.02. The van der Waals surface area contributed by atoms with Crippen molar-refractivity contribution in [3.05, 3.63) is 12.4 Å². The molecule has 168 valence electrons. The summed E-state index contributed by atoms with van der Waals surface area (Å²) in [5.41, 5.74) is 1.54. The molecule has 0 atom stereocenters. The van der Waals surface area contributed by atoms with Gasteiger partial charge in [0.15, 0.2) is 4.75 Å². The van der Waals surface area contributed by atoms with Crippen molar-refractivity contribution in [2.45, 2.75) is 37.4 Å². The van der Waals surface area contributed by atoms with Crippen molar-refractivity contribution >= 4 is 27.6 Å². The van der Waals surface area contributed by atoms with E-state index in [9.17, 15) is 13.2 Å². The lowest BCUT2D eigenvalue weighted by molar-refractivity contribution is -0.134. The number of nitrogens with zero attached hydrogens (tertiary/aromatic N) is 4. The van der Waals surface area contributed by atoms with Gasteiger partial charge < -0.3 is 15.0 Å². The van der Waals surface area contributed by atoms with Crippen LogP contribution in [-0.2, 0) is 19.6 Å². The molecule has 2 aliphatic heterocycles. The maximum atomic E-state index is 13.3. The highest BCUT2D eigenvalue weighted by Crippen LogP contribution is 2.33. The maximum Gasteiger partial charge on any atom is 0.266 e. The second-order valence-corrected chi connectivity index (χ2v) is 9.73. The monoisotopic (exact) mass is 442 g/mol. The summed E-state index contributed by atoms with van der Waals surface area (Å²) in [5.74, 6) is 0.497. The summed E-state index contributed by atoms with van der Waals surface area (Å²) in [6, 6.07) is 0. The fourth-order valence-electron chi connectivity index (χ4n) is 3.78. The van der Waals surface area contributed by atoms with Crippen LogP contribution in [0.5, 0.6) is 0 Å². The van der Waals surface area contributed by atoms with E-state index in [2.05, 4.69) is 22.2 Å². The van der Waals surface area contributed by atoms with E-state index in [1.54, 1.807) is 17.9 Å². The van der Waals surface area contributed by atoms with E-state index in [1.807, 2.05) is 4.90 Å². The number of aromatic nitrogens is 2. The van der Waals surface area contributed by atoms with Crippen molar-refractivity contribution in [3.8, 4) is 0 Å². The maximum absolute atomic E-state index is 13.3. The van der Waals surface area contributed by atoms with E-state index in [0.29, 0.717) is 24.7 Å². The Morgan fingerprint density at radius 1 is 1.20 bits per heavy atom. The number of anilines is 2. The van der Waals surface area contributed by atoms with Crippen LogP contribution in [-0.4, -0.2) is 84.5 Å². The highest BCUT2D eigenvalue weighted by molar-refractivity contribution is 7.91. The van der Waals surface area contributed by atoms with Crippen LogP contribution in [0.1, 0.15) is 32.6 Å². The molecule has 11 nitrogen and oxygen atoms in total. The molecular formula is C18H30N6O5S. The lowest BCUT2D eigenvalue weighted by atomic mass is 9.98. The van der Waals surface area contributed by atoms with Gasteiger partial charge in [0, 0.05) is 58.8 Å². The first kappa shape index (κ1) is 22.7. The lowest BCUT2D eigenvalue weighted by Crippen LogP contribution is -2.62. The quantitative estimate of drug-likeness (QED) is 0.293. The molecule has 0 aromatic carbocycles. The van der Waals surface area contributed by atoms with E-state index in [1.165, 1.54) is 4.31 Å². The third kappa shape index (κ3) is 4.51. The molecule has 0 unspecified atom stereocenters. The predicted octanol–water partition coefficient (Wildman–Crippen LogP) is 0.195. The second kappa shape index (κ2) is 9.86. The topological polar surface area (TPSA) is 137 Å². The van der Waals surface area contributed by atoms with E-state index in [-0.39, 0.29) is 39.1 Å². The zero-order valence-corrected chi connectivity index (χ0v) is 18.0. The average molecular weight is 443 g/mol. The van der Waals surface area contributed by atoms with Gasteiger partial charge in [0.05, 0.1) is 12.4 Å². The number of nitrogens with one attached hydrogen (secondary N) is 2. The van der Waals surface area contributed by atoms with Crippen LogP contribution in [0, 0.1) is 0 Å². The van der Waals surface area contributed by atoms with Crippen LogP contribution in [0.4, 0.5) is 11.6 Å². The number of hydrogen-bond acceptors (Lipinski definition) is 9. The molecule has 2 fully saturated rings. The van der Waals surface area contributed by atoms with Gasteiger partial charge in [-0.3, -0.25) is 10.0 Å². The van der Waals surface area contributed by atoms with Gasteiger partial charge in [-0.25, -0.2) is 23.9 Å². The molecule has 1 amide bonds. The summed E-state index contributed by atoms with van der Waals surface area (Å²) >= 11 is 0. The minimum atomic E-state index is -3.97. The molecule has 3 rings (SSSR count). The van der Waals surface area contributed by atoms with Gasteiger partial charge >= 0.3 is 0 Å². The Labute approximate surface area is 176 Å². The van der Waals surface area contributed by atoms with E-state index >= 15 is 0 Å². The standard InChI is InChI=1S/C18H30N6O5S/c1-2-3-6-19-15-13-21-16(14-20-15)23-7-9-24(10-8-23)30(27,28)18(17(25)22-26)4-11-29-12-5-18/h13-14,26H,2-12H2,1H3,(H,19,20)(H,22,25). The molecule has 2 saturated heterocycles. The average Bonchev–Trinajstić information content (AvgIpc) is 2.79. The number of amides is 1. The Morgan fingerprint density at radius 2 is 1.90 bits per heavy atom. The molecule has 12 heteroatoms. The van der Waals surface area contributed by atoms with Crippen LogP contribution in [0.2, 0.25) is 0 Å². The Bertz CT molecular complexity index is 805. The number of carbonyl (C=O) groups is 1. The molecular weight excluding hydrogens is 412 g/mol. The van der Waals surface area contributed by atoms with Crippen LogP contribution < -0.4 is 15.7 Å². The van der Waals surface area contributed by atoms with Crippen molar-refractivity contribution in [2.75, 3.05) is 56.2 Å². The van der Waals surface area contributed by atoms with Gasteiger partial charge in [-0.1, -0.05) is 13.3 Å². The lowest BCUT2D eigenvalue weighted by Gasteiger charge is -2.41. The molecule has 30 heavy (non-hydrogen) atoms. The first-order valence-electron chi connectivity index (χ1n) is 10.3. The number of hydrogen-bond donors (Lipinski definition) is 3. The zero-order valence-electron chi connectivity index (χ0n) is 17.2. The summed E-state index contributed by atoms with van der Waals surface area (Å²) in [7, 11) is -3.97. The Morgan fingerprint density at radius 3 is 2.47 bits per heavy atom. The molecule has 0 spiro atoms.